The Morgan fingerprint density at radius 1 is 1.35 bits per heavy atom. The van der Waals surface area contributed by atoms with Gasteiger partial charge >= 0.3 is 0 Å². The van der Waals surface area contributed by atoms with Gasteiger partial charge in [0.25, 0.3) is 0 Å². The van der Waals surface area contributed by atoms with E-state index in [1.54, 1.807) is 11.2 Å². The summed E-state index contributed by atoms with van der Waals surface area (Å²) in [5.74, 6) is 1.03. The maximum absolute atomic E-state index is 13.4. The van der Waals surface area contributed by atoms with Crippen molar-refractivity contribution in [2.45, 2.75) is 39.2 Å². The molecule has 0 radical (unpaired) electrons. The minimum absolute atomic E-state index is 0.0264. The fourth-order valence-electron chi connectivity index (χ4n) is 4.74. The van der Waals surface area contributed by atoms with E-state index in [1.165, 1.54) is 0 Å². The molecule has 1 unspecified atom stereocenters. The van der Waals surface area contributed by atoms with E-state index in [9.17, 15) is 9.32 Å². The summed E-state index contributed by atoms with van der Waals surface area (Å²) >= 11 is 0. The number of hydrogen-bond donors (Lipinski definition) is 1. The molecule has 0 amide bonds. The molecule has 2 aliphatic carbocycles. The summed E-state index contributed by atoms with van der Waals surface area (Å²) in [6.07, 6.45) is 6.21. The van der Waals surface area contributed by atoms with Crippen molar-refractivity contribution >= 4 is 23.1 Å². The van der Waals surface area contributed by atoms with Crippen molar-refractivity contribution in [1.29, 1.82) is 0 Å². The highest BCUT2D eigenvalue weighted by Gasteiger charge is 2.64. The fraction of sp³-hybridized carbons (Fsp3) is 0.571. The third-order valence-corrected chi connectivity index (χ3v) is 8.09. The van der Waals surface area contributed by atoms with Gasteiger partial charge in [-0.3, -0.25) is 4.21 Å². The molecule has 5 heteroatoms. The molecule has 1 aromatic carbocycles. The molecule has 0 aromatic heterocycles. The number of aliphatic hydroxyl groups is 1. The van der Waals surface area contributed by atoms with E-state index in [0.29, 0.717) is 16.6 Å². The Bertz CT molecular complexity index is 727. The molecule has 0 spiro atoms. The van der Waals surface area contributed by atoms with Gasteiger partial charge in [0.05, 0.1) is 28.0 Å². The lowest BCUT2D eigenvalue weighted by molar-refractivity contribution is 0.0162. The first-order valence-electron chi connectivity index (χ1n) is 9.31. The topological polar surface area (TPSA) is 52.9 Å². The van der Waals surface area contributed by atoms with Crippen molar-refractivity contribution in [3.8, 4) is 0 Å². The van der Waals surface area contributed by atoms with Gasteiger partial charge < -0.3 is 10.1 Å². The largest absolute Gasteiger partial charge is 0.392 e. The second-order valence-corrected chi connectivity index (χ2v) is 9.86. The predicted molar refractivity (Wildman–Crippen MR) is 109 cm³/mol. The van der Waals surface area contributed by atoms with Crippen molar-refractivity contribution in [2.75, 3.05) is 19.8 Å². The number of fused-ring (bicyclic) bond motifs is 2. The molecule has 4 nitrogen and oxygen atoms in total. The predicted octanol–water partition coefficient (Wildman–Crippen LogP) is 3.51. The lowest BCUT2D eigenvalue weighted by atomic mass is 9.70. The van der Waals surface area contributed by atoms with E-state index >= 15 is 0 Å². The molecule has 142 valence electrons. The number of allylic oxidation sites excluding steroid dienone is 1. The van der Waals surface area contributed by atoms with E-state index < -0.39 is 10.8 Å². The van der Waals surface area contributed by atoms with Crippen LogP contribution in [-0.2, 0) is 10.8 Å². The molecular weight excluding hydrogens is 344 g/mol. The quantitative estimate of drug-likeness (QED) is 0.612. The average molecular weight is 375 g/mol. The highest BCUT2D eigenvalue weighted by Crippen LogP contribution is 2.66. The molecule has 2 saturated carbocycles. The maximum Gasteiger partial charge on any atom is 0.0632 e. The molecule has 0 saturated heterocycles. The summed E-state index contributed by atoms with van der Waals surface area (Å²) < 4.78 is 13.4. The number of hydrogen-bond acceptors (Lipinski definition) is 4. The summed E-state index contributed by atoms with van der Waals surface area (Å²) in [4.78, 5) is 0.706. The van der Waals surface area contributed by atoms with Gasteiger partial charge in [-0.05, 0) is 42.2 Å². The van der Waals surface area contributed by atoms with E-state index in [4.69, 9.17) is 0 Å². The van der Waals surface area contributed by atoms with E-state index in [2.05, 4.69) is 18.9 Å². The number of aliphatic hydroxyl groups excluding tert-OH is 1. The Kier molecular flexibility index (Phi) is 5.40. The lowest BCUT2D eigenvalue weighted by Gasteiger charge is -2.40. The highest BCUT2D eigenvalue weighted by molar-refractivity contribution is 7.90. The average Bonchev–Trinajstić information content (AvgIpc) is 2.93. The van der Waals surface area contributed by atoms with Gasteiger partial charge in [0.15, 0.2) is 0 Å². The molecule has 2 fully saturated rings. The third kappa shape index (κ3) is 3.39. The van der Waals surface area contributed by atoms with Crippen LogP contribution in [0.1, 0.15) is 38.7 Å². The summed E-state index contributed by atoms with van der Waals surface area (Å²) in [6.45, 7) is 4.49. The Morgan fingerprint density at radius 2 is 2.04 bits per heavy atom. The smallest absolute Gasteiger partial charge is 0.0632 e. The molecule has 4 atom stereocenters. The minimum atomic E-state index is -1.22. The molecule has 1 aromatic rings. The second-order valence-electron chi connectivity index (χ2n) is 8.40. The van der Waals surface area contributed by atoms with Gasteiger partial charge in [0.1, 0.15) is 0 Å². The normalized spacial score (nSPS) is 31.5. The molecule has 0 heterocycles. The van der Waals surface area contributed by atoms with Crippen LogP contribution < -0.4 is 0 Å². The number of rotatable bonds is 6. The van der Waals surface area contributed by atoms with Gasteiger partial charge in [-0.15, -0.1) is 0 Å². The molecule has 0 aliphatic heterocycles. The summed E-state index contributed by atoms with van der Waals surface area (Å²) in [5, 5.41) is 16.8. The zero-order chi connectivity index (χ0) is 18.9. The van der Waals surface area contributed by atoms with Crippen molar-refractivity contribution in [3.63, 3.8) is 0 Å². The first-order valence-corrected chi connectivity index (χ1v) is 10.6. The van der Waals surface area contributed by atoms with Crippen LogP contribution in [0, 0.1) is 16.7 Å². The number of benzene rings is 1. The van der Waals surface area contributed by atoms with Gasteiger partial charge in [-0.25, -0.2) is 0 Å². The van der Waals surface area contributed by atoms with Crippen LogP contribution >= 0.6 is 0 Å². The molecular formula is C21H30N2O2S. The van der Waals surface area contributed by atoms with Crippen molar-refractivity contribution in [2.24, 2.45) is 21.8 Å². The zero-order valence-corrected chi connectivity index (χ0v) is 17.0. The van der Waals surface area contributed by atoms with E-state index in [-0.39, 0.29) is 16.9 Å². The van der Waals surface area contributed by atoms with Crippen LogP contribution in [0.4, 0.5) is 0 Å². The SMILES string of the molecule is CN(C)/N=C/C(=C\c1ccccc1)S(=O)C[C@]12CC[C@H](C[C@H]1O)C2(C)C. The Morgan fingerprint density at radius 3 is 2.58 bits per heavy atom. The van der Waals surface area contributed by atoms with Crippen LogP contribution in [0.15, 0.2) is 40.3 Å². The minimum Gasteiger partial charge on any atom is -0.392 e. The van der Waals surface area contributed by atoms with Crippen LogP contribution in [0.25, 0.3) is 6.08 Å². The molecule has 3 rings (SSSR count). The second kappa shape index (κ2) is 7.28. The van der Waals surface area contributed by atoms with Crippen molar-refractivity contribution < 1.29 is 9.32 Å². The fourth-order valence-corrected chi connectivity index (χ4v) is 6.52. The Balaban J connectivity index is 1.90. The lowest BCUT2D eigenvalue weighted by Crippen LogP contribution is -2.43. The van der Waals surface area contributed by atoms with E-state index in [1.807, 2.05) is 50.5 Å². The van der Waals surface area contributed by atoms with Gasteiger partial charge in [0.2, 0.25) is 0 Å². The molecule has 2 bridgehead atoms. The first-order chi connectivity index (χ1) is 12.3. The maximum atomic E-state index is 13.4. The Hall–Kier alpha value is -1.46. The van der Waals surface area contributed by atoms with Crippen LogP contribution in [-0.4, -0.2) is 46.5 Å². The first kappa shape index (κ1) is 19.3. The van der Waals surface area contributed by atoms with Gasteiger partial charge in [-0.1, -0.05) is 44.2 Å². The standard InChI is InChI=1S/C21H30N2O2S/c1-20(2)17-10-11-21(20,19(24)13-17)15-26(25)18(14-22-23(3)4)12-16-8-6-5-7-9-16/h5-9,12,14,17,19,24H,10-11,13,15H2,1-4H3/b18-12+,22-14+/t17-,19-,21-,26?/m1/s1. The summed E-state index contributed by atoms with van der Waals surface area (Å²) in [5.41, 5.74) is 0.775. The van der Waals surface area contributed by atoms with Crippen LogP contribution in [0.5, 0.6) is 0 Å². The summed E-state index contributed by atoms with van der Waals surface area (Å²) in [7, 11) is 2.48. The van der Waals surface area contributed by atoms with Gasteiger partial charge in [-0.2, -0.15) is 5.10 Å². The monoisotopic (exact) mass is 374 g/mol. The van der Waals surface area contributed by atoms with Crippen molar-refractivity contribution in [1.82, 2.24) is 5.01 Å². The van der Waals surface area contributed by atoms with Crippen LogP contribution in [0.2, 0.25) is 0 Å². The molecule has 26 heavy (non-hydrogen) atoms. The molecule has 2 aliphatic rings. The zero-order valence-electron chi connectivity index (χ0n) is 16.2. The Labute approximate surface area is 159 Å². The van der Waals surface area contributed by atoms with Crippen molar-refractivity contribution in [3.05, 3.63) is 40.8 Å². The van der Waals surface area contributed by atoms with Gasteiger partial charge in [0, 0.05) is 25.3 Å². The molecule has 1 N–H and O–H groups in total. The number of hydrazone groups is 1. The highest BCUT2D eigenvalue weighted by atomic mass is 32.2. The van der Waals surface area contributed by atoms with E-state index in [0.717, 1.165) is 24.8 Å². The third-order valence-electron chi connectivity index (χ3n) is 6.56. The van der Waals surface area contributed by atoms with Crippen LogP contribution in [0.3, 0.4) is 0 Å². The summed E-state index contributed by atoms with van der Waals surface area (Å²) in [6, 6.07) is 9.91. The number of nitrogens with zero attached hydrogens (tertiary/aromatic N) is 2.